The van der Waals surface area contributed by atoms with Gasteiger partial charge in [0.15, 0.2) is 0 Å². The molecule has 5 heteroatoms. The lowest BCUT2D eigenvalue weighted by Gasteiger charge is -2.25. The topological polar surface area (TPSA) is 78.9 Å². The second-order valence-electron chi connectivity index (χ2n) is 7.40. The fraction of sp³-hybridized carbons (Fsp3) is 0.867. The predicted molar refractivity (Wildman–Crippen MR) is 80.5 cm³/mol. The first-order valence-corrected chi connectivity index (χ1v) is 7.30. The molecule has 0 bridgehead atoms. The second-order valence-corrected chi connectivity index (χ2v) is 7.40. The van der Waals surface area contributed by atoms with Crippen molar-refractivity contribution in [3.05, 3.63) is 0 Å². The molecule has 1 aliphatic rings. The maximum Gasteiger partial charge on any atom is 0.226 e. The lowest BCUT2D eigenvalue weighted by molar-refractivity contribution is -0.134. The third-order valence-electron chi connectivity index (χ3n) is 4.93. The molecule has 0 unspecified atom stereocenters. The third kappa shape index (κ3) is 3.07. The number of carbonyl (C=O) groups excluding carboxylic acids is 1. The first-order valence-electron chi connectivity index (χ1n) is 7.30. The summed E-state index contributed by atoms with van der Waals surface area (Å²) in [6.07, 6.45) is 0.405. The third-order valence-corrected chi connectivity index (χ3v) is 4.93. The molecule has 116 valence electrons. The van der Waals surface area contributed by atoms with Crippen molar-refractivity contribution in [1.29, 1.82) is 0 Å². The van der Waals surface area contributed by atoms with Gasteiger partial charge in [0.2, 0.25) is 5.91 Å². The molecule has 0 spiro atoms. The highest BCUT2D eigenvalue weighted by molar-refractivity contribution is 5.85. The smallest absolute Gasteiger partial charge is 0.226 e. The van der Waals surface area contributed by atoms with Crippen molar-refractivity contribution < 1.29 is 10.0 Å². The maximum atomic E-state index is 12.8. The highest BCUT2D eigenvalue weighted by Crippen LogP contribution is 2.68. The number of hydrogen-bond donors (Lipinski definition) is 2. The number of amidine groups is 1. The number of nitrogens with zero attached hydrogens (tertiary/aromatic N) is 2. The van der Waals surface area contributed by atoms with Crippen molar-refractivity contribution in [3.8, 4) is 0 Å². The molecule has 0 aliphatic heterocycles. The zero-order chi connectivity index (χ0) is 15.7. The summed E-state index contributed by atoms with van der Waals surface area (Å²) in [5, 5.41) is 11.6. The number of carbonyl (C=O) groups is 1. The molecule has 0 aromatic heterocycles. The Balaban J connectivity index is 2.77. The molecule has 5 nitrogen and oxygen atoms in total. The minimum absolute atomic E-state index is 0.0376. The Bertz CT molecular complexity index is 386. The number of hydrogen-bond acceptors (Lipinski definition) is 3. The van der Waals surface area contributed by atoms with Crippen LogP contribution < -0.4 is 5.73 Å². The van der Waals surface area contributed by atoms with Gasteiger partial charge in [-0.1, -0.05) is 46.7 Å². The molecule has 0 radical (unpaired) electrons. The molecule has 1 saturated carbocycles. The van der Waals surface area contributed by atoms with Gasteiger partial charge in [0.05, 0.1) is 0 Å². The largest absolute Gasteiger partial charge is 0.409 e. The Kier molecular flexibility index (Phi) is 4.72. The average molecular weight is 283 g/mol. The molecule has 0 atom stereocenters. The van der Waals surface area contributed by atoms with E-state index < -0.39 is 0 Å². The first kappa shape index (κ1) is 16.8. The highest BCUT2D eigenvalue weighted by Gasteiger charge is 2.68. The average Bonchev–Trinajstić information content (AvgIpc) is 2.73. The Labute approximate surface area is 122 Å². The van der Waals surface area contributed by atoms with E-state index >= 15 is 0 Å². The van der Waals surface area contributed by atoms with Crippen LogP contribution in [0.2, 0.25) is 0 Å². The quantitative estimate of drug-likeness (QED) is 0.340. The van der Waals surface area contributed by atoms with Gasteiger partial charge in [-0.2, -0.15) is 0 Å². The Morgan fingerprint density at radius 3 is 2.15 bits per heavy atom. The van der Waals surface area contributed by atoms with Crippen LogP contribution in [0.25, 0.3) is 0 Å². The minimum atomic E-state index is 0.0376. The zero-order valence-corrected chi connectivity index (χ0v) is 13.6. The molecule has 0 saturated heterocycles. The van der Waals surface area contributed by atoms with E-state index in [0.29, 0.717) is 25.4 Å². The standard InChI is InChI=1S/C15H29N3O2/c1-10(2)9-18(8-7-11(16)17-20)13(19)12-14(3,4)15(12,5)6/h10,12,20H,7-9H2,1-6H3,(H2,16,17). The normalized spacial score (nSPS) is 21.1. The molecule has 1 rings (SSSR count). The van der Waals surface area contributed by atoms with Crippen LogP contribution in [0.3, 0.4) is 0 Å². The predicted octanol–water partition coefficient (Wildman–Crippen LogP) is 2.29. The van der Waals surface area contributed by atoms with Gasteiger partial charge < -0.3 is 15.8 Å². The van der Waals surface area contributed by atoms with Crippen molar-refractivity contribution in [3.63, 3.8) is 0 Å². The lowest BCUT2D eigenvalue weighted by atomic mass is 10.0. The molecule has 0 aromatic rings. The minimum Gasteiger partial charge on any atom is -0.409 e. The van der Waals surface area contributed by atoms with Crippen LogP contribution in [-0.2, 0) is 4.79 Å². The van der Waals surface area contributed by atoms with Gasteiger partial charge >= 0.3 is 0 Å². The molecule has 1 amide bonds. The van der Waals surface area contributed by atoms with E-state index in [-0.39, 0.29) is 28.5 Å². The van der Waals surface area contributed by atoms with E-state index in [1.165, 1.54) is 0 Å². The zero-order valence-electron chi connectivity index (χ0n) is 13.6. The van der Waals surface area contributed by atoms with Crippen molar-refractivity contribution in [2.75, 3.05) is 13.1 Å². The van der Waals surface area contributed by atoms with E-state index in [2.05, 4.69) is 46.7 Å². The Morgan fingerprint density at radius 2 is 1.80 bits per heavy atom. The highest BCUT2D eigenvalue weighted by atomic mass is 16.4. The number of oxime groups is 1. The van der Waals surface area contributed by atoms with E-state index in [9.17, 15) is 4.79 Å². The lowest BCUT2D eigenvalue weighted by Crippen LogP contribution is -2.38. The van der Waals surface area contributed by atoms with Gasteiger partial charge in [0.25, 0.3) is 0 Å². The SMILES string of the molecule is CC(C)CN(CCC(N)=NO)C(=O)C1C(C)(C)C1(C)C. The van der Waals surface area contributed by atoms with Crippen molar-refractivity contribution >= 4 is 11.7 Å². The molecule has 20 heavy (non-hydrogen) atoms. The van der Waals surface area contributed by atoms with E-state index in [1.54, 1.807) is 0 Å². The number of amides is 1. The van der Waals surface area contributed by atoms with Crippen LogP contribution in [0, 0.1) is 22.7 Å². The van der Waals surface area contributed by atoms with Crippen molar-refractivity contribution in [2.45, 2.75) is 48.0 Å². The van der Waals surface area contributed by atoms with Gasteiger partial charge in [-0.25, -0.2) is 0 Å². The van der Waals surface area contributed by atoms with Gasteiger partial charge in [-0.3, -0.25) is 4.79 Å². The summed E-state index contributed by atoms with van der Waals surface area (Å²) < 4.78 is 0. The fourth-order valence-electron chi connectivity index (χ4n) is 3.03. The monoisotopic (exact) mass is 283 g/mol. The Hall–Kier alpha value is -1.26. The maximum absolute atomic E-state index is 12.8. The fourth-order valence-corrected chi connectivity index (χ4v) is 3.03. The van der Waals surface area contributed by atoms with Crippen LogP contribution in [0.4, 0.5) is 0 Å². The molecule has 0 aromatic carbocycles. The van der Waals surface area contributed by atoms with Gasteiger partial charge in [-0.05, 0) is 16.7 Å². The second kappa shape index (κ2) is 5.62. The van der Waals surface area contributed by atoms with Crippen LogP contribution in [0.1, 0.15) is 48.0 Å². The Morgan fingerprint density at radius 1 is 1.30 bits per heavy atom. The van der Waals surface area contributed by atoms with E-state index in [1.807, 2.05) is 4.90 Å². The van der Waals surface area contributed by atoms with E-state index in [0.717, 1.165) is 0 Å². The molecule has 3 N–H and O–H groups in total. The first-order chi connectivity index (χ1) is 9.05. The molecular weight excluding hydrogens is 254 g/mol. The summed E-state index contributed by atoms with van der Waals surface area (Å²) in [4.78, 5) is 14.6. The summed E-state index contributed by atoms with van der Waals surface area (Å²) in [5.74, 6) is 0.817. The van der Waals surface area contributed by atoms with Crippen LogP contribution >= 0.6 is 0 Å². The molecule has 1 fully saturated rings. The molecule has 1 aliphatic carbocycles. The number of nitrogens with two attached hydrogens (primary N) is 1. The van der Waals surface area contributed by atoms with Gasteiger partial charge in [0.1, 0.15) is 5.84 Å². The summed E-state index contributed by atoms with van der Waals surface area (Å²) in [7, 11) is 0. The molecular formula is C15H29N3O2. The van der Waals surface area contributed by atoms with E-state index in [4.69, 9.17) is 10.9 Å². The summed E-state index contributed by atoms with van der Waals surface area (Å²) in [5.41, 5.74) is 5.59. The molecule has 0 heterocycles. The summed E-state index contributed by atoms with van der Waals surface area (Å²) in [6, 6.07) is 0. The summed E-state index contributed by atoms with van der Waals surface area (Å²) >= 11 is 0. The van der Waals surface area contributed by atoms with Crippen molar-refractivity contribution in [1.82, 2.24) is 4.90 Å². The van der Waals surface area contributed by atoms with Crippen molar-refractivity contribution in [2.24, 2.45) is 33.6 Å². The summed E-state index contributed by atoms with van der Waals surface area (Å²) in [6.45, 7) is 14.0. The number of rotatable bonds is 6. The van der Waals surface area contributed by atoms with Crippen LogP contribution in [0.5, 0.6) is 0 Å². The van der Waals surface area contributed by atoms with Crippen LogP contribution in [0.15, 0.2) is 5.16 Å². The van der Waals surface area contributed by atoms with Gasteiger partial charge in [0, 0.05) is 25.4 Å². The van der Waals surface area contributed by atoms with Crippen LogP contribution in [-0.4, -0.2) is 34.9 Å². The van der Waals surface area contributed by atoms with Gasteiger partial charge in [-0.15, -0.1) is 0 Å².